The Labute approximate surface area is 133 Å². The van der Waals surface area contributed by atoms with E-state index in [1.165, 1.54) is 18.2 Å². The quantitative estimate of drug-likeness (QED) is 0.916. The average Bonchev–Trinajstić information content (AvgIpc) is 3.18. The van der Waals surface area contributed by atoms with Gasteiger partial charge in [-0.05, 0) is 44.0 Å². The molecule has 0 spiro atoms. The zero-order chi connectivity index (χ0) is 16.2. The highest BCUT2D eigenvalue weighted by Crippen LogP contribution is 2.27. The van der Waals surface area contributed by atoms with E-state index in [1.54, 1.807) is 19.1 Å². The Kier molecular flexibility index (Phi) is 4.62. The lowest BCUT2D eigenvalue weighted by Gasteiger charge is -2.15. The standard InChI is InChI=1S/C17H18FNO4/c1-11-4-6-16(23-11)17(20)19-14-9-12(18)5-7-15(14)22-10-13-3-2-8-21-13/h4-7,9,13H,2-3,8,10H2,1H3,(H,19,20). The molecule has 1 amide bonds. The van der Waals surface area contributed by atoms with E-state index in [4.69, 9.17) is 13.9 Å². The van der Waals surface area contributed by atoms with Crippen LogP contribution in [0, 0.1) is 12.7 Å². The van der Waals surface area contributed by atoms with Crippen LogP contribution < -0.4 is 10.1 Å². The highest BCUT2D eigenvalue weighted by Gasteiger charge is 2.18. The molecule has 2 aromatic rings. The Hall–Kier alpha value is -2.34. The molecule has 3 rings (SSSR count). The number of carbonyl (C=O) groups is 1. The Bertz CT molecular complexity index is 692. The van der Waals surface area contributed by atoms with Crippen molar-refractivity contribution in [2.24, 2.45) is 0 Å². The maximum Gasteiger partial charge on any atom is 0.291 e. The molecule has 1 fully saturated rings. The van der Waals surface area contributed by atoms with Gasteiger partial charge >= 0.3 is 0 Å². The Morgan fingerprint density at radius 1 is 1.39 bits per heavy atom. The first-order chi connectivity index (χ1) is 11.1. The number of rotatable bonds is 5. The van der Waals surface area contributed by atoms with E-state index in [1.807, 2.05) is 0 Å². The monoisotopic (exact) mass is 319 g/mol. The third kappa shape index (κ3) is 3.90. The van der Waals surface area contributed by atoms with Crippen molar-refractivity contribution in [3.05, 3.63) is 47.7 Å². The topological polar surface area (TPSA) is 60.7 Å². The van der Waals surface area contributed by atoms with Crippen molar-refractivity contribution >= 4 is 11.6 Å². The zero-order valence-electron chi connectivity index (χ0n) is 12.8. The molecule has 1 aliphatic heterocycles. The first-order valence-electron chi connectivity index (χ1n) is 7.53. The number of anilines is 1. The van der Waals surface area contributed by atoms with Crippen LogP contribution in [0.5, 0.6) is 5.75 Å². The molecule has 1 unspecified atom stereocenters. The summed E-state index contributed by atoms with van der Waals surface area (Å²) in [6.45, 7) is 2.85. The number of aryl methyl sites for hydroxylation is 1. The summed E-state index contributed by atoms with van der Waals surface area (Å²) < 4.78 is 29.9. The summed E-state index contributed by atoms with van der Waals surface area (Å²) in [5, 5.41) is 2.62. The van der Waals surface area contributed by atoms with Crippen LogP contribution in [0.4, 0.5) is 10.1 Å². The summed E-state index contributed by atoms with van der Waals surface area (Å²) in [7, 11) is 0. The van der Waals surface area contributed by atoms with Gasteiger partial charge in [-0.15, -0.1) is 0 Å². The van der Waals surface area contributed by atoms with E-state index >= 15 is 0 Å². The first kappa shape index (κ1) is 15.6. The molecule has 1 aliphatic rings. The van der Waals surface area contributed by atoms with Crippen LogP contribution in [0.2, 0.25) is 0 Å². The summed E-state index contributed by atoms with van der Waals surface area (Å²) in [6, 6.07) is 7.26. The molecule has 122 valence electrons. The minimum absolute atomic E-state index is 0.0383. The van der Waals surface area contributed by atoms with Crippen LogP contribution in [0.15, 0.2) is 34.7 Å². The van der Waals surface area contributed by atoms with E-state index < -0.39 is 11.7 Å². The molecule has 6 heteroatoms. The second kappa shape index (κ2) is 6.83. The summed E-state index contributed by atoms with van der Waals surface area (Å²) in [6.07, 6.45) is 1.99. The van der Waals surface area contributed by atoms with Crippen molar-refractivity contribution in [3.8, 4) is 5.75 Å². The van der Waals surface area contributed by atoms with E-state index in [2.05, 4.69) is 5.32 Å². The summed E-state index contributed by atoms with van der Waals surface area (Å²) in [5.41, 5.74) is 0.266. The van der Waals surface area contributed by atoms with Gasteiger partial charge in [0.25, 0.3) is 5.91 Å². The van der Waals surface area contributed by atoms with Crippen LogP contribution in [-0.2, 0) is 4.74 Å². The summed E-state index contributed by atoms with van der Waals surface area (Å²) in [5.74, 6) is 0.283. The first-order valence-corrected chi connectivity index (χ1v) is 7.53. The van der Waals surface area contributed by atoms with Crippen molar-refractivity contribution < 1.29 is 23.1 Å². The molecule has 2 heterocycles. The van der Waals surface area contributed by atoms with E-state index in [0.29, 0.717) is 18.1 Å². The predicted octanol–water partition coefficient (Wildman–Crippen LogP) is 3.54. The van der Waals surface area contributed by atoms with Crippen molar-refractivity contribution in [1.29, 1.82) is 0 Å². The van der Waals surface area contributed by atoms with Crippen LogP contribution in [0.3, 0.4) is 0 Å². The van der Waals surface area contributed by atoms with E-state index in [0.717, 1.165) is 19.4 Å². The van der Waals surface area contributed by atoms with Gasteiger partial charge in [0.05, 0.1) is 11.8 Å². The third-order valence-electron chi connectivity index (χ3n) is 3.60. The maximum atomic E-state index is 13.5. The molecule has 23 heavy (non-hydrogen) atoms. The van der Waals surface area contributed by atoms with Crippen molar-refractivity contribution in [2.45, 2.75) is 25.9 Å². The number of carbonyl (C=O) groups excluding carboxylic acids is 1. The van der Waals surface area contributed by atoms with Crippen molar-refractivity contribution in [2.75, 3.05) is 18.5 Å². The summed E-state index contributed by atoms with van der Waals surface area (Å²) >= 11 is 0. The van der Waals surface area contributed by atoms with Gasteiger partial charge in [-0.25, -0.2) is 4.39 Å². The van der Waals surface area contributed by atoms with Gasteiger partial charge in [-0.1, -0.05) is 0 Å². The lowest BCUT2D eigenvalue weighted by atomic mass is 10.2. The number of ether oxygens (including phenoxy) is 2. The van der Waals surface area contributed by atoms with E-state index in [-0.39, 0.29) is 17.6 Å². The fourth-order valence-electron chi connectivity index (χ4n) is 2.42. The zero-order valence-corrected chi connectivity index (χ0v) is 12.8. The largest absolute Gasteiger partial charge is 0.489 e. The van der Waals surface area contributed by atoms with Crippen molar-refractivity contribution in [1.82, 2.24) is 0 Å². The molecule has 1 aromatic carbocycles. The van der Waals surface area contributed by atoms with Gasteiger partial charge < -0.3 is 19.2 Å². The van der Waals surface area contributed by atoms with Gasteiger partial charge in [0.2, 0.25) is 0 Å². The van der Waals surface area contributed by atoms with Crippen LogP contribution in [0.25, 0.3) is 0 Å². The maximum absolute atomic E-state index is 13.5. The molecular formula is C17H18FNO4. The van der Waals surface area contributed by atoms with Gasteiger partial charge in [0.15, 0.2) is 5.76 Å². The molecule has 1 saturated heterocycles. The van der Waals surface area contributed by atoms with Crippen LogP contribution in [-0.4, -0.2) is 25.2 Å². The Morgan fingerprint density at radius 3 is 2.96 bits per heavy atom. The van der Waals surface area contributed by atoms with Crippen LogP contribution in [0.1, 0.15) is 29.2 Å². The smallest absolute Gasteiger partial charge is 0.291 e. The second-order valence-corrected chi connectivity index (χ2v) is 5.45. The fourth-order valence-corrected chi connectivity index (χ4v) is 2.42. The predicted molar refractivity (Wildman–Crippen MR) is 82.3 cm³/mol. The lowest BCUT2D eigenvalue weighted by molar-refractivity contribution is 0.0681. The molecule has 5 nitrogen and oxygen atoms in total. The van der Waals surface area contributed by atoms with Gasteiger partial charge in [0.1, 0.15) is 23.9 Å². The lowest BCUT2D eigenvalue weighted by Crippen LogP contribution is -2.18. The Morgan fingerprint density at radius 2 is 2.26 bits per heavy atom. The number of hydrogen-bond donors (Lipinski definition) is 1. The minimum Gasteiger partial charge on any atom is -0.489 e. The van der Waals surface area contributed by atoms with Crippen LogP contribution >= 0.6 is 0 Å². The molecule has 0 bridgehead atoms. The highest BCUT2D eigenvalue weighted by atomic mass is 19.1. The highest BCUT2D eigenvalue weighted by molar-refractivity contribution is 6.03. The SMILES string of the molecule is Cc1ccc(C(=O)Nc2cc(F)ccc2OCC2CCCO2)o1. The average molecular weight is 319 g/mol. The van der Waals surface area contributed by atoms with E-state index in [9.17, 15) is 9.18 Å². The Balaban J connectivity index is 1.71. The minimum atomic E-state index is -0.458. The van der Waals surface area contributed by atoms with Gasteiger partial charge in [-0.3, -0.25) is 4.79 Å². The number of nitrogens with one attached hydrogen (secondary N) is 1. The normalized spacial score (nSPS) is 17.2. The van der Waals surface area contributed by atoms with Gasteiger partial charge in [-0.2, -0.15) is 0 Å². The molecule has 0 aliphatic carbocycles. The number of benzene rings is 1. The fraction of sp³-hybridized carbons (Fsp3) is 0.353. The molecule has 1 atom stereocenters. The molecular weight excluding hydrogens is 301 g/mol. The molecule has 1 N–H and O–H groups in total. The molecule has 0 saturated carbocycles. The number of halogens is 1. The number of furan rings is 1. The number of hydrogen-bond acceptors (Lipinski definition) is 4. The van der Waals surface area contributed by atoms with Crippen molar-refractivity contribution in [3.63, 3.8) is 0 Å². The third-order valence-corrected chi connectivity index (χ3v) is 3.60. The molecule has 0 radical (unpaired) electrons. The summed E-state index contributed by atoms with van der Waals surface area (Å²) in [4.78, 5) is 12.1. The van der Waals surface area contributed by atoms with Gasteiger partial charge in [0, 0.05) is 12.7 Å². The second-order valence-electron chi connectivity index (χ2n) is 5.45. The number of amides is 1. The molecule has 1 aromatic heterocycles.